The monoisotopic (exact) mass is 879 g/mol. The number of nitrogens with zero attached hydrogens (tertiary/aromatic N) is 3. The van der Waals surface area contributed by atoms with E-state index < -0.39 is 36.4 Å². The van der Waals surface area contributed by atoms with Crippen LogP contribution in [0.15, 0.2) is 140 Å². The lowest BCUT2D eigenvalue weighted by molar-refractivity contribution is -0.138. The predicted octanol–water partition coefficient (Wildman–Crippen LogP) is 6.95. The largest absolute Gasteiger partial charge is 0.453 e. The van der Waals surface area contributed by atoms with Crippen molar-refractivity contribution in [3.05, 3.63) is 162 Å². The number of carbonyl (C=O) groups excluding carboxylic acids is 6. The molecule has 0 radical (unpaired) electrons. The van der Waals surface area contributed by atoms with Crippen LogP contribution in [0, 0.1) is 0 Å². The topological polar surface area (TPSA) is 179 Å². The van der Waals surface area contributed by atoms with Crippen LogP contribution in [0.2, 0.25) is 0 Å². The minimum absolute atomic E-state index is 0.308. The van der Waals surface area contributed by atoms with Crippen molar-refractivity contribution in [3.8, 4) is 0 Å². The minimum Gasteiger partial charge on any atom is -0.453 e. The van der Waals surface area contributed by atoms with Crippen LogP contribution >= 0.6 is 0 Å². The number of ether oxygens (including phenoxy) is 2. The third-order valence-corrected chi connectivity index (χ3v) is 11.6. The fraction of sp³-hybridized carbons (Fsp3) is 0.280. The third-order valence-electron chi connectivity index (χ3n) is 11.6. The Labute approximate surface area is 378 Å². The summed E-state index contributed by atoms with van der Waals surface area (Å²) in [5.74, 6) is -1.39. The minimum atomic E-state index is -1.01. The summed E-state index contributed by atoms with van der Waals surface area (Å²) in [7, 11) is 2.47. The van der Waals surface area contributed by atoms with Crippen LogP contribution in [0.1, 0.15) is 60.0 Å². The SMILES string of the molecule is COC(=O)NC(C(=O)N1CCCC1C(=O)Nc1ccc(CN(Cc2ccc(NC(=O)C3CCCN3C(=O)C(NC(=O)OC)c3ccccc3)cc2)c2ccccc2)cc1)c1ccccc1. The van der Waals surface area contributed by atoms with E-state index >= 15 is 0 Å². The van der Waals surface area contributed by atoms with Crippen molar-refractivity contribution in [3.63, 3.8) is 0 Å². The van der Waals surface area contributed by atoms with Gasteiger partial charge < -0.3 is 45.4 Å². The summed E-state index contributed by atoms with van der Waals surface area (Å²) in [5.41, 5.74) is 5.36. The molecule has 2 aliphatic rings. The highest BCUT2D eigenvalue weighted by Gasteiger charge is 2.40. The van der Waals surface area contributed by atoms with Gasteiger partial charge in [-0.15, -0.1) is 0 Å². The molecule has 2 fully saturated rings. The van der Waals surface area contributed by atoms with E-state index in [0.717, 1.165) is 16.8 Å². The molecule has 2 saturated heterocycles. The van der Waals surface area contributed by atoms with Crippen molar-refractivity contribution < 1.29 is 38.2 Å². The maximum Gasteiger partial charge on any atom is 0.407 e. The number of para-hydroxylation sites is 1. The maximum atomic E-state index is 13.8. The molecule has 0 aliphatic carbocycles. The van der Waals surface area contributed by atoms with Crippen molar-refractivity contribution in [2.75, 3.05) is 42.8 Å². The molecule has 4 unspecified atom stereocenters. The molecule has 2 aliphatic heterocycles. The van der Waals surface area contributed by atoms with Crippen LogP contribution in [0.5, 0.6) is 0 Å². The number of rotatable bonds is 15. The van der Waals surface area contributed by atoms with Gasteiger partial charge in [-0.05, 0) is 84.3 Å². The molecule has 0 saturated carbocycles. The van der Waals surface area contributed by atoms with Gasteiger partial charge in [-0.25, -0.2) is 9.59 Å². The Balaban J connectivity index is 0.972. The number of methoxy groups -OCH3 is 2. The van der Waals surface area contributed by atoms with Gasteiger partial charge in [0, 0.05) is 43.2 Å². The number of anilines is 3. The molecule has 2 heterocycles. The number of carbonyl (C=O) groups is 6. The molecule has 15 heteroatoms. The van der Waals surface area contributed by atoms with E-state index in [0.29, 0.717) is 74.4 Å². The molecule has 15 nitrogen and oxygen atoms in total. The highest BCUT2D eigenvalue weighted by atomic mass is 16.5. The molecule has 5 aromatic rings. The summed E-state index contributed by atoms with van der Waals surface area (Å²) in [4.78, 5) is 84.6. The molecule has 0 aromatic heterocycles. The second-order valence-corrected chi connectivity index (χ2v) is 15.9. The summed E-state index contributed by atoms with van der Waals surface area (Å²) < 4.78 is 9.57. The molecule has 7 rings (SSSR count). The van der Waals surface area contributed by atoms with E-state index in [4.69, 9.17) is 9.47 Å². The van der Waals surface area contributed by atoms with E-state index in [2.05, 4.69) is 26.2 Å². The molecule has 6 amide bonds. The molecule has 5 aromatic carbocycles. The van der Waals surface area contributed by atoms with Crippen LogP contribution in [-0.2, 0) is 41.7 Å². The lowest BCUT2D eigenvalue weighted by Gasteiger charge is -2.29. The van der Waals surface area contributed by atoms with Gasteiger partial charge in [0.15, 0.2) is 0 Å². The summed E-state index contributed by atoms with van der Waals surface area (Å²) in [6, 6.07) is 39.5. The molecule has 336 valence electrons. The number of likely N-dealkylation sites (tertiary alicyclic amines) is 2. The molecular formula is C50H53N7O8. The smallest absolute Gasteiger partial charge is 0.407 e. The number of amides is 6. The second kappa shape index (κ2) is 21.6. The number of benzene rings is 5. The Morgan fingerprint density at radius 3 is 1.28 bits per heavy atom. The Kier molecular flexibility index (Phi) is 15.1. The van der Waals surface area contributed by atoms with Crippen LogP contribution in [-0.4, -0.2) is 85.0 Å². The van der Waals surface area contributed by atoms with Crippen LogP contribution in [0.3, 0.4) is 0 Å². The highest BCUT2D eigenvalue weighted by molar-refractivity contribution is 6.00. The average Bonchev–Trinajstić information content (AvgIpc) is 4.06. The van der Waals surface area contributed by atoms with Gasteiger partial charge >= 0.3 is 12.2 Å². The van der Waals surface area contributed by atoms with Gasteiger partial charge in [-0.3, -0.25) is 19.2 Å². The summed E-state index contributed by atoms with van der Waals surface area (Å²) in [5, 5.41) is 11.2. The number of hydrogen-bond acceptors (Lipinski definition) is 9. The maximum absolute atomic E-state index is 13.8. The van der Waals surface area contributed by atoms with E-state index in [1.807, 2.05) is 91.0 Å². The fourth-order valence-electron chi connectivity index (χ4n) is 8.31. The zero-order chi connectivity index (χ0) is 45.7. The zero-order valence-electron chi connectivity index (χ0n) is 36.4. The van der Waals surface area contributed by atoms with E-state index in [1.54, 1.807) is 48.5 Å². The summed E-state index contributed by atoms with van der Waals surface area (Å²) >= 11 is 0. The van der Waals surface area contributed by atoms with Gasteiger partial charge in [0.25, 0.3) is 11.8 Å². The standard InChI is InChI=1S/C50H53N7O8/c1-64-49(62)53-43(36-14-6-3-7-15-36)47(60)56-30-12-20-41(56)45(58)51-38-26-22-34(23-27-38)32-55(40-18-10-5-11-19-40)33-35-24-28-39(29-25-35)52-46(59)42-21-13-31-57(42)48(61)44(54-50(63)65-2)37-16-8-4-9-17-37/h3-11,14-19,22-29,41-44H,12-13,20-21,30-33H2,1-2H3,(H,51,58)(H,52,59)(H,53,62)(H,54,63). The Morgan fingerprint density at radius 2 is 0.908 bits per heavy atom. The lowest BCUT2D eigenvalue weighted by Crippen LogP contribution is -2.48. The normalized spacial score (nSPS) is 16.4. The van der Waals surface area contributed by atoms with Crippen molar-refractivity contribution >= 4 is 52.9 Å². The molecule has 65 heavy (non-hydrogen) atoms. The Hall–Kier alpha value is -7.68. The van der Waals surface area contributed by atoms with E-state index in [-0.39, 0.29) is 23.6 Å². The Morgan fingerprint density at radius 1 is 0.538 bits per heavy atom. The first-order valence-corrected chi connectivity index (χ1v) is 21.6. The third kappa shape index (κ3) is 11.5. The lowest BCUT2D eigenvalue weighted by atomic mass is 10.0. The van der Waals surface area contributed by atoms with Gasteiger partial charge in [-0.2, -0.15) is 0 Å². The summed E-state index contributed by atoms with van der Waals surface area (Å²) in [6.45, 7) is 1.86. The van der Waals surface area contributed by atoms with Crippen LogP contribution in [0.25, 0.3) is 0 Å². The van der Waals surface area contributed by atoms with Gasteiger partial charge in [0.2, 0.25) is 11.8 Å². The second-order valence-electron chi connectivity index (χ2n) is 15.9. The first kappa shape index (κ1) is 45.3. The first-order valence-electron chi connectivity index (χ1n) is 21.6. The molecule has 4 atom stereocenters. The molecular weight excluding hydrogens is 827 g/mol. The first-order chi connectivity index (χ1) is 31.6. The van der Waals surface area contributed by atoms with Gasteiger partial charge in [0.1, 0.15) is 24.2 Å². The molecule has 4 N–H and O–H groups in total. The fourth-order valence-corrected chi connectivity index (χ4v) is 8.31. The summed E-state index contributed by atoms with van der Waals surface area (Å²) in [6.07, 6.45) is 0.779. The quantitative estimate of drug-likeness (QED) is 0.0867. The number of hydrogen-bond donors (Lipinski definition) is 4. The number of alkyl carbamates (subject to hydrolysis) is 2. The van der Waals surface area contributed by atoms with Gasteiger partial charge in [-0.1, -0.05) is 103 Å². The zero-order valence-corrected chi connectivity index (χ0v) is 36.4. The highest BCUT2D eigenvalue weighted by Crippen LogP contribution is 2.28. The Bertz CT molecular complexity index is 2270. The van der Waals surface area contributed by atoms with Crippen molar-refractivity contribution in [2.45, 2.75) is 62.9 Å². The van der Waals surface area contributed by atoms with Crippen molar-refractivity contribution in [1.29, 1.82) is 0 Å². The predicted molar refractivity (Wildman–Crippen MR) is 245 cm³/mol. The number of nitrogens with one attached hydrogen (secondary N) is 4. The van der Waals surface area contributed by atoms with Gasteiger partial charge in [0.05, 0.1) is 14.2 Å². The van der Waals surface area contributed by atoms with E-state index in [1.165, 1.54) is 24.0 Å². The molecule has 0 bridgehead atoms. The van der Waals surface area contributed by atoms with E-state index in [9.17, 15) is 28.8 Å². The van der Waals surface area contributed by atoms with Crippen molar-refractivity contribution in [2.24, 2.45) is 0 Å². The average molecular weight is 880 g/mol. The van der Waals surface area contributed by atoms with Crippen LogP contribution < -0.4 is 26.2 Å². The molecule has 0 spiro atoms. The van der Waals surface area contributed by atoms with Crippen molar-refractivity contribution in [1.82, 2.24) is 20.4 Å². The van der Waals surface area contributed by atoms with Crippen LogP contribution in [0.4, 0.5) is 26.7 Å².